The average Bonchev–Trinajstić information content (AvgIpc) is 3.32. The molecule has 0 fully saturated rings. The molecule has 0 radical (unpaired) electrons. The molecular formula is C38H29Zr-. The van der Waals surface area contributed by atoms with Gasteiger partial charge in [0.1, 0.15) is 0 Å². The molecule has 6 rings (SSSR count). The Morgan fingerprint density at radius 3 is 1.64 bits per heavy atom. The number of hydrogen-bond acceptors (Lipinski definition) is 0. The van der Waals surface area contributed by atoms with Crippen LogP contribution in [0.3, 0.4) is 0 Å². The molecule has 1 atom stereocenters. The largest absolute Gasteiger partial charge is 0.123 e. The van der Waals surface area contributed by atoms with Crippen LogP contribution in [0.5, 0.6) is 0 Å². The monoisotopic (exact) mass is 575 g/mol. The zero-order valence-electron chi connectivity index (χ0n) is 22.0. The minimum absolute atomic E-state index is 0. The van der Waals surface area contributed by atoms with Gasteiger partial charge in [-0.1, -0.05) is 167 Å². The molecule has 0 nitrogen and oxygen atoms in total. The second kappa shape index (κ2) is 12.4. The molecule has 0 heterocycles. The Balaban J connectivity index is 0.00000308. The van der Waals surface area contributed by atoms with Gasteiger partial charge in [0.15, 0.2) is 0 Å². The van der Waals surface area contributed by atoms with Crippen molar-refractivity contribution in [2.24, 2.45) is 0 Å². The zero-order chi connectivity index (χ0) is 25.7. The fraction of sp³-hybridized carbons (Fsp3) is 0.0526. The molecule has 0 aliphatic heterocycles. The summed E-state index contributed by atoms with van der Waals surface area (Å²) in [6, 6.07) is 51.7. The van der Waals surface area contributed by atoms with Gasteiger partial charge < -0.3 is 0 Å². The van der Waals surface area contributed by atoms with Crippen LogP contribution in [0.1, 0.15) is 46.2 Å². The molecule has 0 saturated carbocycles. The quantitative estimate of drug-likeness (QED) is 0.107. The summed E-state index contributed by atoms with van der Waals surface area (Å²) in [7, 11) is 0. The van der Waals surface area contributed by atoms with Gasteiger partial charge in [0.05, 0.1) is 0 Å². The fourth-order valence-electron chi connectivity index (χ4n) is 5.52. The van der Waals surface area contributed by atoms with Crippen molar-refractivity contribution >= 4 is 22.8 Å². The first-order valence-electron chi connectivity index (χ1n) is 13.2. The van der Waals surface area contributed by atoms with Gasteiger partial charge in [-0.2, -0.15) is 0 Å². The van der Waals surface area contributed by atoms with Crippen LogP contribution in [0.25, 0.3) is 22.8 Å². The Hall–Kier alpha value is -3.80. The minimum atomic E-state index is 0. The van der Waals surface area contributed by atoms with E-state index in [1.165, 1.54) is 39.0 Å². The molecule has 5 aromatic carbocycles. The Morgan fingerprint density at radius 1 is 0.538 bits per heavy atom. The normalized spacial score (nSPS) is 15.1. The molecule has 39 heavy (non-hydrogen) atoms. The first-order chi connectivity index (χ1) is 18.8. The van der Waals surface area contributed by atoms with Gasteiger partial charge in [-0.3, -0.25) is 0 Å². The van der Waals surface area contributed by atoms with Gasteiger partial charge in [0, 0.05) is 32.1 Å². The SMILES string of the molecule is CC1=Cc2ccccc2C1C(=C(C(=[C-]c1ccccc1)c1ccccc1)c1ccccc1)c1ccccc1.[Zr]. The van der Waals surface area contributed by atoms with Gasteiger partial charge in [-0.05, 0) is 23.6 Å². The zero-order valence-corrected chi connectivity index (χ0v) is 24.5. The summed E-state index contributed by atoms with van der Waals surface area (Å²) in [5.41, 5.74) is 12.2. The van der Waals surface area contributed by atoms with Crippen molar-refractivity contribution in [3.63, 3.8) is 0 Å². The molecule has 1 aliphatic carbocycles. The van der Waals surface area contributed by atoms with E-state index < -0.39 is 0 Å². The van der Waals surface area contributed by atoms with Crippen molar-refractivity contribution < 1.29 is 26.2 Å². The third-order valence-corrected chi connectivity index (χ3v) is 7.21. The predicted molar refractivity (Wildman–Crippen MR) is 161 cm³/mol. The van der Waals surface area contributed by atoms with Gasteiger partial charge >= 0.3 is 0 Å². The molecule has 0 saturated heterocycles. The number of benzene rings is 5. The summed E-state index contributed by atoms with van der Waals surface area (Å²) < 4.78 is 0. The van der Waals surface area contributed by atoms with Crippen molar-refractivity contribution in [1.29, 1.82) is 0 Å². The van der Waals surface area contributed by atoms with E-state index in [9.17, 15) is 0 Å². The number of rotatable bonds is 6. The van der Waals surface area contributed by atoms with Crippen LogP contribution < -0.4 is 0 Å². The first kappa shape index (κ1) is 26.8. The van der Waals surface area contributed by atoms with Crippen molar-refractivity contribution in [1.82, 2.24) is 0 Å². The van der Waals surface area contributed by atoms with E-state index in [0.717, 1.165) is 16.7 Å². The summed E-state index contributed by atoms with van der Waals surface area (Å²) in [5.74, 6) is 0.139. The smallest absolute Gasteiger partial charge is 0.0248 e. The second-order valence-electron chi connectivity index (χ2n) is 9.70. The van der Waals surface area contributed by atoms with Crippen LogP contribution in [-0.2, 0) is 26.2 Å². The van der Waals surface area contributed by atoms with Crippen LogP contribution >= 0.6 is 0 Å². The van der Waals surface area contributed by atoms with E-state index in [2.05, 4.69) is 165 Å². The average molecular weight is 577 g/mol. The third kappa shape index (κ3) is 5.65. The van der Waals surface area contributed by atoms with Gasteiger partial charge in [0.2, 0.25) is 0 Å². The van der Waals surface area contributed by atoms with Crippen LogP contribution in [0.15, 0.2) is 151 Å². The van der Waals surface area contributed by atoms with E-state index in [4.69, 9.17) is 0 Å². The molecule has 0 spiro atoms. The van der Waals surface area contributed by atoms with Gasteiger partial charge in [-0.15, -0.1) is 29.3 Å². The predicted octanol–water partition coefficient (Wildman–Crippen LogP) is 9.73. The summed E-state index contributed by atoms with van der Waals surface area (Å²) in [4.78, 5) is 0. The van der Waals surface area contributed by atoms with E-state index in [-0.39, 0.29) is 32.1 Å². The Morgan fingerprint density at radius 2 is 1.03 bits per heavy atom. The van der Waals surface area contributed by atoms with E-state index in [1.807, 2.05) is 0 Å². The number of allylic oxidation sites excluding steroid dienone is 4. The van der Waals surface area contributed by atoms with Crippen molar-refractivity contribution in [3.8, 4) is 0 Å². The van der Waals surface area contributed by atoms with E-state index in [1.54, 1.807) is 0 Å². The molecular weight excluding hydrogens is 548 g/mol. The van der Waals surface area contributed by atoms with Gasteiger partial charge in [-0.25, -0.2) is 0 Å². The molecule has 1 heteroatoms. The topological polar surface area (TPSA) is 0 Å². The van der Waals surface area contributed by atoms with Crippen LogP contribution in [0.4, 0.5) is 0 Å². The molecule has 0 bridgehead atoms. The summed E-state index contributed by atoms with van der Waals surface area (Å²) in [6.07, 6.45) is 6.19. The summed E-state index contributed by atoms with van der Waals surface area (Å²) >= 11 is 0. The first-order valence-corrected chi connectivity index (χ1v) is 13.2. The Bertz CT molecular complexity index is 1630. The molecule has 5 aromatic rings. The number of hydrogen-bond donors (Lipinski definition) is 0. The van der Waals surface area contributed by atoms with Gasteiger partial charge in [0.25, 0.3) is 0 Å². The summed E-state index contributed by atoms with van der Waals surface area (Å²) in [6.45, 7) is 2.27. The molecule has 1 unspecified atom stereocenters. The molecule has 186 valence electrons. The number of fused-ring (bicyclic) bond motifs is 1. The fourth-order valence-corrected chi connectivity index (χ4v) is 5.52. The van der Waals surface area contributed by atoms with E-state index >= 15 is 0 Å². The van der Waals surface area contributed by atoms with E-state index in [0.29, 0.717) is 0 Å². The maximum Gasteiger partial charge on any atom is 0.0248 e. The third-order valence-electron chi connectivity index (χ3n) is 7.21. The Labute approximate surface area is 251 Å². The molecule has 0 aromatic heterocycles. The van der Waals surface area contributed by atoms with Crippen molar-refractivity contribution in [3.05, 3.63) is 191 Å². The molecule has 1 aliphatic rings. The van der Waals surface area contributed by atoms with Crippen molar-refractivity contribution in [2.75, 3.05) is 0 Å². The van der Waals surface area contributed by atoms with Crippen LogP contribution in [-0.4, -0.2) is 0 Å². The molecule has 0 N–H and O–H groups in total. The standard InChI is InChI=1S/C38H29.Zr/c1-28-26-33-24-14-15-25-34(33)36(28)38(32-22-12-5-13-23-32)37(31-20-10-4-11-21-31)35(30-18-8-3-9-19-30)27-29-16-6-2-7-17-29;/h2-26,36H,1H3;/q-1;. The minimum Gasteiger partial charge on any atom is -0.123 e. The maximum atomic E-state index is 3.85. The molecule has 0 amide bonds. The van der Waals surface area contributed by atoms with Crippen molar-refractivity contribution in [2.45, 2.75) is 12.8 Å². The Kier molecular flexibility index (Phi) is 8.50. The maximum absolute atomic E-state index is 3.85. The second-order valence-corrected chi connectivity index (χ2v) is 9.70. The summed E-state index contributed by atoms with van der Waals surface area (Å²) in [5, 5.41) is 0. The van der Waals surface area contributed by atoms with Crippen LogP contribution in [0.2, 0.25) is 0 Å². The van der Waals surface area contributed by atoms with Crippen LogP contribution in [0, 0.1) is 6.08 Å².